The molecule has 2 heterocycles. The van der Waals surface area contributed by atoms with E-state index in [1.807, 2.05) is 19.2 Å². The molecule has 3 aromatic rings. The molecule has 7 nitrogen and oxygen atoms in total. The third kappa shape index (κ3) is 3.16. The summed E-state index contributed by atoms with van der Waals surface area (Å²) in [5.74, 6) is 2.36. The van der Waals surface area contributed by atoms with Gasteiger partial charge in [-0.2, -0.15) is 5.10 Å². The molecular formula is C19H23N5O2. The van der Waals surface area contributed by atoms with Crippen molar-refractivity contribution < 1.29 is 9.47 Å². The maximum absolute atomic E-state index is 6.29. The van der Waals surface area contributed by atoms with Crippen molar-refractivity contribution in [2.75, 3.05) is 12.4 Å². The smallest absolute Gasteiger partial charge is 0.166 e. The predicted molar refractivity (Wildman–Crippen MR) is 99.5 cm³/mol. The van der Waals surface area contributed by atoms with E-state index in [4.69, 9.17) is 9.47 Å². The molecule has 0 atom stereocenters. The summed E-state index contributed by atoms with van der Waals surface area (Å²) in [7, 11) is 3.55. The minimum absolute atomic E-state index is 0.272. The normalized spacial score (nSPS) is 14.7. The van der Waals surface area contributed by atoms with Crippen LogP contribution in [0.5, 0.6) is 11.5 Å². The molecule has 4 rings (SSSR count). The van der Waals surface area contributed by atoms with Crippen LogP contribution in [0.15, 0.2) is 30.7 Å². The fourth-order valence-corrected chi connectivity index (χ4v) is 3.45. The zero-order chi connectivity index (χ0) is 17.9. The quantitative estimate of drug-likeness (QED) is 0.733. The topological polar surface area (TPSA) is 74.1 Å². The highest BCUT2D eigenvalue weighted by Gasteiger charge is 2.20. The van der Waals surface area contributed by atoms with Crippen LogP contribution in [-0.4, -0.2) is 33.0 Å². The largest absolute Gasteiger partial charge is 0.493 e. The Balaban J connectivity index is 1.59. The van der Waals surface area contributed by atoms with E-state index in [0.29, 0.717) is 6.54 Å². The van der Waals surface area contributed by atoms with Crippen molar-refractivity contribution in [2.45, 2.75) is 38.3 Å². The Hall–Kier alpha value is -2.83. The average molecular weight is 353 g/mol. The maximum atomic E-state index is 6.29. The molecular weight excluding hydrogens is 330 g/mol. The number of hydrogen-bond donors (Lipinski definition) is 1. The monoisotopic (exact) mass is 353 g/mol. The average Bonchev–Trinajstić information content (AvgIpc) is 3.31. The van der Waals surface area contributed by atoms with Crippen molar-refractivity contribution in [3.05, 3.63) is 36.3 Å². The SMILES string of the molecule is COc1cccc(CNc2ncnc3c2cnn3C)c1OC1CCCC1. The van der Waals surface area contributed by atoms with Gasteiger partial charge in [-0.3, -0.25) is 4.68 Å². The minimum Gasteiger partial charge on any atom is -0.493 e. The van der Waals surface area contributed by atoms with Crippen molar-refractivity contribution in [1.82, 2.24) is 19.7 Å². The Bertz CT molecular complexity index is 902. The fourth-order valence-electron chi connectivity index (χ4n) is 3.45. The summed E-state index contributed by atoms with van der Waals surface area (Å²) in [5, 5.41) is 8.55. The first-order valence-electron chi connectivity index (χ1n) is 8.95. The fraction of sp³-hybridized carbons (Fsp3) is 0.421. The van der Waals surface area contributed by atoms with Gasteiger partial charge in [-0.1, -0.05) is 12.1 Å². The van der Waals surface area contributed by atoms with Gasteiger partial charge in [0.1, 0.15) is 12.1 Å². The number of hydrogen-bond acceptors (Lipinski definition) is 6. The van der Waals surface area contributed by atoms with E-state index >= 15 is 0 Å². The van der Waals surface area contributed by atoms with Crippen molar-refractivity contribution in [3.8, 4) is 11.5 Å². The number of fused-ring (bicyclic) bond motifs is 1. The third-order valence-electron chi connectivity index (χ3n) is 4.84. The second kappa shape index (κ2) is 7.19. The van der Waals surface area contributed by atoms with Crippen LogP contribution in [0, 0.1) is 0 Å². The first kappa shape index (κ1) is 16.6. The molecule has 0 spiro atoms. The molecule has 0 aliphatic heterocycles. The van der Waals surface area contributed by atoms with Gasteiger partial charge in [0.05, 0.1) is 24.8 Å². The van der Waals surface area contributed by atoms with Gasteiger partial charge < -0.3 is 14.8 Å². The van der Waals surface area contributed by atoms with Crippen LogP contribution in [0.3, 0.4) is 0 Å². The number of anilines is 1. The van der Waals surface area contributed by atoms with Gasteiger partial charge in [0, 0.05) is 19.2 Å². The van der Waals surface area contributed by atoms with Crippen LogP contribution in [-0.2, 0) is 13.6 Å². The molecule has 2 aromatic heterocycles. The Morgan fingerprint density at radius 1 is 1.23 bits per heavy atom. The Kier molecular flexibility index (Phi) is 4.60. The highest BCUT2D eigenvalue weighted by molar-refractivity contribution is 5.85. The molecule has 0 radical (unpaired) electrons. The standard InChI is InChI=1S/C19H23N5O2/c1-24-19-15(11-23-24)18(21-12-22-19)20-10-13-6-5-9-16(25-2)17(13)26-14-7-3-4-8-14/h5-6,9,11-12,14H,3-4,7-8,10H2,1-2H3,(H,20,21,22). The van der Waals surface area contributed by atoms with Crippen molar-refractivity contribution in [1.29, 1.82) is 0 Å². The zero-order valence-corrected chi connectivity index (χ0v) is 15.1. The summed E-state index contributed by atoms with van der Waals surface area (Å²) in [6.45, 7) is 0.584. The molecule has 1 aliphatic carbocycles. The van der Waals surface area contributed by atoms with E-state index < -0.39 is 0 Å². The number of aryl methyl sites for hydroxylation is 1. The number of aromatic nitrogens is 4. The molecule has 0 amide bonds. The molecule has 1 N–H and O–H groups in total. The van der Waals surface area contributed by atoms with Crippen molar-refractivity contribution >= 4 is 16.9 Å². The summed E-state index contributed by atoms with van der Waals surface area (Å²) in [6, 6.07) is 5.98. The second-order valence-electron chi connectivity index (χ2n) is 6.55. The molecule has 7 heteroatoms. The van der Waals surface area contributed by atoms with E-state index in [1.54, 1.807) is 24.3 Å². The van der Waals surface area contributed by atoms with Gasteiger partial charge in [0.15, 0.2) is 17.1 Å². The summed E-state index contributed by atoms with van der Waals surface area (Å²) in [5.41, 5.74) is 1.85. The van der Waals surface area contributed by atoms with Gasteiger partial charge in [0.25, 0.3) is 0 Å². The predicted octanol–water partition coefficient (Wildman–Crippen LogP) is 3.31. The highest BCUT2D eigenvalue weighted by Crippen LogP contribution is 2.35. The molecule has 1 aromatic carbocycles. The van der Waals surface area contributed by atoms with E-state index in [0.717, 1.165) is 46.8 Å². The van der Waals surface area contributed by atoms with Crippen molar-refractivity contribution in [3.63, 3.8) is 0 Å². The summed E-state index contributed by atoms with van der Waals surface area (Å²) in [6.07, 6.45) is 8.27. The molecule has 1 saturated carbocycles. The lowest BCUT2D eigenvalue weighted by Crippen LogP contribution is -2.14. The van der Waals surface area contributed by atoms with Crippen molar-refractivity contribution in [2.24, 2.45) is 7.05 Å². The number of ether oxygens (including phenoxy) is 2. The van der Waals surface area contributed by atoms with E-state index in [9.17, 15) is 0 Å². The number of benzene rings is 1. The molecule has 1 fully saturated rings. The Labute approximate surface area is 152 Å². The van der Waals surface area contributed by atoms with Gasteiger partial charge >= 0.3 is 0 Å². The van der Waals surface area contributed by atoms with Crippen LogP contribution < -0.4 is 14.8 Å². The summed E-state index contributed by atoms with van der Waals surface area (Å²) >= 11 is 0. The maximum Gasteiger partial charge on any atom is 0.166 e. The van der Waals surface area contributed by atoms with Crippen LogP contribution in [0.1, 0.15) is 31.2 Å². The number of rotatable bonds is 6. The molecule has 0 unspecified atom stereocenters. The van der Waals surface area contributed by atoms with Crippen LogP contribution >= 0.6 is 0 Å². The van der Waals surface area contributed by atoms with E-state index in [-0.39, 0.29) is 6.10 Å². The molecule has 0 bridgehead atoms. The summed E-state index contributed by atoms with van der Waals surface area (Å²) < 4.78 is 13.6. The number of nitrogens with zero attached hydrogens (tertiary/aromatic N) is 4. The van der Waals surface area contributed by atoms with Crippen LogP contribution in [0.25, 0.3) is 11.0 Å². The van der Waals surface area contributed by atoms with Gasteiger partial charge in [0.2, 0.25) is 0 Å². The highest BCUT2D eigenvalue weighted by atomic mass is 16.5. The van der Waals surface area contributed by atoms with E-state index in [2.05, 4.69) is 26.4 Å². The lowest BCUT2D eigenvalue weighted by Gasteiger charge is -2.19. The van der Waals surface area contributed by atoms with Gasteiger partial charge in [-0.15, -0.1) is 0 Å². The number of methoxy groups -OCH3 is 1. The lowest BCUT2D eigenvalue weighted by molar-refractivity contribution is 0.199. The second-order valence-corrected chi connectivity index (χ2v) is 6.55. The zero-order valence-electron chi connectivity index (χ0n) is 15.1. The summed E-state index contributed by atoms with van der Waals surface area (Å²) in [4.78, 5) is 8.64. The Morgan fingerprint density at radius 3 is 2.88 bits per heavy atom. The molecule has 0 saturated heterocycles. The first-order chi connectivity index (χ1) is 12.8. The lowest BCUT2D eigenvalue weighted by atomic mass is 10.1. The van der Waals surface area contributed by atoms with Crippen LogP contribution in [0.2, 0.25) is 0 Å². The van der Waals surface area contributed by atoms with Crippen LogP contribution in [0.4, 0.5) is 5.82 Å². The number of para-hydroxylation sites is 1. The van der Waals surface area contributed by atoms with Gasteiger partial charge in [-0.05, 0) is 31.7 Å². The van der Waals surface area contributed by atoms with Gasteiger partial charge in [-0.25, -0.2) is 9.97 Å². The minimum atomic E-state index is 0.272. The molecule has 26 heavy (non-hydrogen) atoms. The van der Waals surface area contributed by atoms with E-state index in [1.165, 1.54) is 12.8 Å². The molecule has 1 aliphatic rings. The Morgan fingerprint density at radius 2 is 2.08 bits per heavy atom. The first-order valence-corrected chi connectivity index (χ1v) is 8.95. The third-order valence-corrected chi connectivity index (χ3v) is 4.84. The number of nitrogens with one attached hydrogen (secondary N) is 1. The molecule has 136 valence electrons.